The number of carbonyl (C=O) groups is 5. The van der Waals surface area contributed by atoms with Crippen LogP contribution in [0.1, 0.15) is 88.0 Å². The van der Waals surface area contributed by atoms with Crippen molar-refractivity contribution in [1.82, 2.24) is 16.0 Å². The molecule has 312 valence electrons. The van der Waals surface area contributed by atoms with Gasteiger partial charge in [-0.25, -0.2) is 24.0 Å². The third-order valence-electron chi connectivity index (χ3n) is 10.1. The van der Waals surface area contributed by atoms with Crippen molar-refractivity contribution in [3.05, 3.63) is 119 Å². The zero-order chi connectivity index (χ0) is 42.7. The number of aliphatic carboxylic acids is 2. The molecule has 0 saturated carbocycles. The fourth-order valence-electron chi connectivity index (χ4n) is 7.30. The van der Waals surface area contributed by atoms with Crippen molar-refractivity contribution in [2.75, 3.05) is 19.8 Å². The number of carbonyl (C=O) groups excluding carboxylic acids is 3. The van der Waals surface area contributed by atoms with E-state index in [4.69, 9.17) is 19.3 Å². The van der Waals surface area contributed by atoms with Crippen LogP contribution in [0, 0.1) is 5.92 Å². The molecule has 0 bridgehead atoms. The molecule has 2 aliphatic rings. The molecule has 0 saturated heterocycles. The quantitative estimate of drug-likeness (QED) is 0.0612. The molecule has 13 nitrogen and oxygen atoms in total. The summed E-state index contributed by atoms with van der Waals surface area (Å²) in [5, 5.41) is 26.0. The van der Waals surface area contributed by atoms with Crippen LogP contribution in [0.2, 0.25) is 0 Å². The Morgan fingerprint density at radius 1 is 0.593 bits per heavy atom. The van der Waals surface area contributed by atoms with Gasteiger partial charge < -0.3 is 40.4 Å². The lowest BCUT2D eigenvalue weighted by molar-refractivity contribution is -0.141. The number of carboxylic acid groups (broad SMARTS) is 2. The van der Waals surface area contributed by atoms with Crippen LogP contribution in [0.4, 0.5) is 14.4 Å². The molecule has 0 heterocycles. The Hall–Kier alpha value is -6.37. The molecule has 0 unspecified atom stereocenters. The Morgan fingerprint density at radius 3 is 1.41 bits per heavy atom. The second kappa shape index (κ2) is 19.9. The molecule has 4 aromatic carbocycles. The van der Waals surface area contributed by atoms with E-state index in [0.717, 1.165) is 44.5 Å². The molecule has 2 aliphatic carbocycles. The van der Waals surface area contributed by atoms with Gasteiger partial charge in [-0.3, -0.25) is 0 Å². The Labute approximate surface area is 344 Å². The molecule has 59 heavy (non-hydrogen) atoms. The minimum Gasteiger partial charge on any atom is -0.480 e. The maximum Gasteiger partial charge on any atom is 0.408 e. The molecule has 3 amide bonds. The molecule has 13 heteroatoms. The highest BCUT2D eigenvalue weighted by atomic mass is 16.6. The van der Waals surface area contributed by atoms with Gasteiger partial charge in [0.05, 0.1) is 0 Å². The van der Waals surface area contributed by atoms with Gasteiger partial charge in [-0.15, -0.1) is 0 Å². The zero-order valence-corrected chi connectivity index (χ0v) is 34.0. The number of alkyl carbamates (subject to hydrolysis) is 3. The SMILES string of the molecule is CC(C)[C@H](NC(=O)OC(C)(C)C)C(=O)O.O=C(NCCCC[C@H](NC(=O)OCC1c2ccccc2-c2ccccc21)C(=O)O)OCC1c2ccccc2-c2ccccc21. The highest BCUT2D eigenvalue weighted by molar-refractivity contribution is 5.82. The number of benzene rings is 4. The van der Waals surface area contributed by atoms with Crippen LogP contribution in [0.15, 0.2) is 97.1 Å². The predicted molar refractivity (Wildman–Crippen MR) is 222 cm³/mol. The molecule has 0 aliphatic heterocycles. The van der Waals surface area contributed by atoms with Gasteiger partial charge in [0.15, 0.2) is 0 Å². The number of nitrogens with one attached hydrogen (secondary N) is 3. The summed E-state index contributed by atoms with van der Waals surface area (Å²) >= 11 is 0. The van der Waals surface area contributed by atoms with Crippen LogP contribution in [-0.4, -0.2) is 77.9 Å². The fourth-order valence-corrected chi connectivity index (χ4v) is 7.30. The lowest BCUT2D eigenvalue weighted by Gasteiger charge is -2.23. The summed E-state index contributed by atoms with van der Waals surface area (Å²) in [6.07, 6.45) is -0.783. The lowest BCUT2D eigenvalue weighted by atomic mass is 9.98. The van der Waals surface area contributed by atoms with Crippen molar-refractivity contribution >= 4 is 30.2 Å². The second-order valence-corrected chi connectivity index (χ2v) is 15.8. The van der Waals surface area contributed by atoms with E-state index >= 15 is 0 Å². The summed E-state index contributed by atoms with van der Waals surface area (Å²) in [7, 11) is 0. The minimum atomic E-state index is -1.14. The van der Waals surface area contributed by atoms with Crippen LogP contribution < -0.4 is 16.0 Å². The standard InChI is InChI=1S/C36H34N2O6.C10H19NO4/c39-34(40)33(38-36(42)44-22-32-29-17-7-3-13-25(29)26-14-4-8-18-30(26)32)19-9-10-20-37-35(41)43-21-31-27-15-5-1-11-23(27)24-12-2-6-16-28(24)31;1-6(2)7(8(12)13)11-9(14)15-10(3,4)5/h1-8,11-18,31-33H,9-10,19-22H2,(H,37,41)(H,38,42)(H,39,40);6-7H,1-5H3,(H,11,14)(H,12,13)/t33-;7-/m00/s1. The van der Waals surface area contributed by atoms with Crippen molar-refractivity contribution < 1.29 is 48.4 Å². The summed E-state index contributed by atoms with van der Waals surface area (Å²) in [5.41, 5.74) is 8.40. The summed E-state index contributed by atoms with van der Waals surface area (Å²) < 4.78 is 16.0. The second-order valence-electron chi connectivity index (χ2n) is 15.8. The van der Waals surface area contributed by atoms with Gasteiger partial charge in [-0.05, 0) is 90.5 Å². The molecule has 2 atom stereocenters. The van der Waals surface area contributed by atoms with Gasteiger partial charge in [-0.2, -0.15) is 0 Å². The van der Waals surface area contributed by atoms with Gasteiger partial charge in [0.25, 0.3) is 0 Å². The van der Waals surface area contributed by atoms with E-state index in [1.54, 1.807) is 34.6 Å². The molecule has 5 N–H and O–H groups in total. The van der Waals surface area contributed by atoms with Crippen LogP contribution >= 0.6 is 0 Å². The van der Waals surface area contributed by atoms with Crippen molar-refractivity contribution in [2.45, 2.75) is 83.4 Å². The summed E-state index contributed by atoms with van der Waals surface area (Å²) in [4.78, 5) is 58.9. The van der Waals surface area contributed by atoms with E-state index < -0.39 is 47.9 Å². The molecule has 0 fully saturated rings. The Morgan fingerprint density at radius 2 is 1.02 bits per heavy atom. The van der Waals surface area contributed by atoms with Crippen LogP contribution in [0.3, 0.4) is 0 Å². The molecular formula is C46H53N3O10. The van der Waals surface area contributed by atoms with Crippen molar-refractivity contribution in [1.29, 1.82) is 0 Å². The third-order valence-corrected chi connectivity index (χ3v) is 10.1. The van der Waals surface area contributed by atoms with E-state index in [1.165, 1.54) is 0 Å². The first-order chi connectivity index (χ1) is 28.1. The number of rotatable bonds is 14. The fraction of sp³-hybridized carbons (Fsp3) is 0.370. The van der Waals surface area contributed by atoms with Gasteiger partial charge in [0.2, 0.25) is 0 Å². The maximum atomic E-state index is 12.6. The van der Waals surface area contributed by atoms with Crippen molar-refractivity contribution in [2.24, 2.45) is 5.92 Å². The maximum absolute atomic E-state index is 12.6. The molecular weight excluding hydrogens is 755 g/mol. The number of hydrogen-bond acceptors (Lipinski definition) is 8. The largest absolute Gasteiger partial charge is 0.480 e. The third kappa shape index (κ3) is 11.6. The predicted octanol–water partition coefficient (Wildman–Crippen LogP) is 8.31. The van der Waals surface area contributed by atoms with Crippen LogP contribution in [0.5, 0.6) is 0 Å². The number of unbranched alkanes of at least 4 members (excludes halogenated alkanes) is 1. The topological polar surface area (TPSA) is 190 Å². The molecule has 0 radical (unpaired) electrons. The first-order valence-corrected chi connectivity index (χ1v) is 19.8. The van der Waals surface area contributed by atoms with Gasteiger partial charge in [-0.1, -0.05) is 111 Å². The Balaban J connectivity index is 0.000000376. The molecule has 4 aromatic rings. The first kappa shape index (κ1) is 43.7. The van der Waals surface area contributed by atoms with Crippen LogP contribution in [0.25, 0.3) is 22.3 Å². The number of amides is 3. The molecule has 0 aromatic heterocycles. The van der Waals surface area contributed by atoms with Gasteiger partial charge in [0, 0.05) is 18.4 Å². The van der Waals surface area contributed by atoms with Gasteiger partial charge in [0.1, 0.15) is 30.9 Å². The van der Waals surface area contributed by atoms with Gasteiger partial charge >= 0.3 is 30.2 Å². The average Bonchev–Trinajstić information content (AvgIpc) is 3.69. The first-order valence-electron chi connectivity index (χ1n) is 19.8. The van der Waals surface area contributed by atoms with E-state index in [0.29, 0.717) is 19.4 Å². The van der Waals surface area contributed by atoms with E-state index in [2.05, 4.69) is 52.3 Å². The highest BCUT2D eigenvalue weighted by Crippen LogP contribution is 2.45. The van der Waals surface area contributed by atoms with E-state index in [-0.39, 0.29) is 37.4 Å². The van der Waals surface area contributed by atoms with E-state index in [1.807, 2.05) is 60.7 Å². The number of fused-ring (bicyclic) bond motifs is 6. The molecule has 6 rings (SSSR count). The summed E-state index contributed by atoms with van der Waals surface area (Å²) in [6, 6.07) is 30.3. The summed E-state index contributed by atoms with van der Waals surface area (Å²) in [5.74, 6) is -2.51. The highest BCUT2D eigenvalue weighted by Gasteiger charge is 2.31. The Kier molecular flexibility index (Phi) is 14.7. The van der Waals surface area contributed by atoms with Crippen molar-refractivity contribution in [3.8, 4) is 22.3 Å². The monoisotopic (exact) mass is 807 g/mol. The van der Waals surface area contributed by atoms with Crippen molar-refractivity contribution in [3.63, 3.8) is 0 Å². The van der Waals surface area contributed by atoms with E-state index in [9.17, 15) is 29.1 Å². The lowest BCUT2D eigenvalue weighted by Crippen LogP contribution is -2.46. The Bertz CT molecular complexity index is 2040. The number of carboxylic acids is 2. The smallest absolute Gasteiger partial charge is 0.408 e. The minimum absolute atomic E-state index is 0.0199. The number of hydrogen-bond donors (Lipinski definition) is 5. The summed E-state index contributed by atoms with van der Waals surface area (Å²) in [6.45, 7) is 9.26. The zero-order valence-electron chi connectivity index (χ0n) is 34.0. The molecule has 0 spiro atoms. The average molecular weight is 808 g/mol. The van der Waals surface area contributed by atoms with Crippen LogP contribution in [-0.2, 0) is 23.8 Å². The normalized spacial score (nSPS) is 13.6. The number of ether oxygens (including phenoxy) is 3.